The highest BCUT2D eigenvalue weighted by molar-refractivity contribution is 7.05. The molecular formula is C11H16BN5O. The Morgan fingerprint density at radius 2 is 1.67 bits per heavy atom. The van der Waals surface area contributed by atoms with Crippen LogP contribution in [0, 0.1) is 44.9 Å². The molecule has 7 heteroatoms. The number of rotatable bonds is 1. The molecule has 0 aromatic heterocycles. The standard InChI is InChI=1S/C7H15NO.C4BN4/c1-3-8-4-5-9-7(2)6-8;6-1-5(2-7,3-8)4-9/h7H,3-6H2,1-2H3;/q;-1/p+1. The third kappa shape index (κ3) is 4.85. The molecule has 1 rings (SSSR count). The molecule has 1 N–H and O–H groups in total. The number of hydrogen-bond acceptors (Lipinski definition) is 5. The third-order valence-electron chi connectivity index (χ3n) is 2.71. The molecule has 0 radical (unpaired) electrons. The molecule has 0 spiro atoms. The van der Waals surface area contributed by atoms with Crippen molar-refractivity contribution in [2.75, 3.05) is 26.2 Å². The zero-order valence-electron chi connectivity index (χ0n) is 10.7. The van der Waals surface area contributed by atoms with E-state index in [1.165, 1.54) is 43.5 Å². The van der Waals surface area contributed by atoms with E-state index in [-0.39, 0.29) is 0 Å². The zero-order chi connectivity index (χ0) is 14.0. The summed E-state index contributed by atoms with van der Waals surface area (Å²) in [7, 11) is 0. The van der Waals surface area contributed by atoms with E-state index in [1.54, 1.807) is 4.90 Å². The number of nitriles is 4. The van der Waals surface area contributed by atoms with Gasteiger partial charge in [0.25, 0.3) is 0 Å². The molecule has 0 aliphatic carbocycles. The highest BCUT2D eigenvalue weighted by Crippen LogP contribution is 1.92. The molecule has 0 amide bonds. The van der Waals surface area contributed by atoms with Gasteiger partial charge in [0.2, 0.25) is 0 Å². The second-order valence-corrected chi connectivity index (χ2v) is 4.12. The largest absolute Gasteiger partial charge is 0.383 e. The summed E-state index contributed by atoms with van der Waals surface area (Å²) < 4.78 is 5.39. The number of nitrogens with one attached hydrogen (secondary N) is 1. The molecule has 1 saturated heterocycles. The fraction of sp³-hybridized carbons (Fsp3) is 0.636. The second-order valence-electron chi connectivity index (χ2n) is 4.12. The van der Waals surface area contributed by atoms with Crippen LogP contribution in [0.2, 0.25) is 0 Å². The predicted octanol–water partition coefficient (Wildman–Crippen LogP) is -1.00. The summed E-state index contributed by atoms with van der Waals surface area (Å²) in [6, 6.07) is 0. The van der Waals surface area contributed by atoms with Crippen LogP contribution in [0.25, 0.3) is 0 Å². The summed E-state index contributed by atoms with van der Waals surface area (Å²) in [6.45, 7) is 8.96. The van der Waals surface area contributed by atoms with Gasteiger partial charge < -0.3 is 9.64 Å². The molecule has 1 aliphatic heterocycles. The fourth-order valence-electron chi connectivity index (χ4n) is 1.47. The van der Waals surface area contributed by atoms with Crippen LogP contribution in [0.15, 0.2) is 0 Å². The number of likely N-dealkylation sites (N-methyl/N-ethyl adjacent to an activating group) is 1. The summed E-state index contributed by atoms with van der Waals surface area (Å²) in [4.78, 5) is 1.67. The first-order valence-electron chi connectivity index (χ1n) is 5.83. The van der Waals surface area contributed by atoms with Crippen LogP contribution in [0.1, 0.15) is 13.8 Å². The van der Waals surface area contributed by atoms with Gasteiger partial charge in [-0.1, -0.05) is 0 Å². The van der Waals surface area contributed by atoms with Crippen LogP contribution < -0.4 is 4.90 Å². The SMILES string of the molecule is CC[NH+]1CCOC(C)C1.N#C[B-](C#N)(C#N)C#N. The van der Waals surface area contributed by atoms with Crippen LogP contribution in [0.5, 0.6) is 0 Å². The average Bonchev–Trinajstić information content (AvgIpc) is 2.43. The molecule has 18 heavy (non-hydrogen) atoms. The van der Waals surface area contributed by atoms with Crippen molar-refractivity contribution < 1.29 is 9.64 Å². The van der Waals surface area contributed by atoms with Crippen molar-refractivity contribution in [2.45, 2.75) is 20.0 Å². The van der Waals surface area contributed by atoms with Crippen molar-refractivity contribution in [2.24, 2.45) is 0 Å². The van der Waals surface area contributed by atoms with Gasteiger partial charge in [-0.05, 0) is 13.8 Å². The number of nitrogens with zero attached hydrogens (tertiary/aromatic N) is 4. The van der Waals surface area contributed by atoms with Crippen LogP contribution >= 0.6 is 0 Å². The van der Waals surface area contributed by atoms with Gasteiger partial charge in [0.05, 0.1) is 13.2 Å². The van der Waals surface area contributed by atoms with Crippen molar-refractivity contribution in [3.63, 3.8) is 0 Å². The summed E-state index contributed by atoms with van der Waals surface area (Å²) in [6.07, 6.45) is -2.24. The first kappa shape index (κ1) is 15.9. The van der Waals surface area contributed by atoms with Gasteiger partial charge in [0, 0.05) is 0 Å². The highest BCUT2D eigenvalue weighted by Gasteiger charge is 2.22. The smallest absolute Gasteiger partial charge is 0.367 e. The number of quaternary nitrogens is 1. The molecule has 0 aromatic carbocycles. The first-order chi connectivity index (χ1) is 8.57. The van der Waals surface area contributed by atoms with E-state index >= 15 is 0 Å². The van der Waals surface area contributed by atoms with Gasteiger partial charge in [0.15, 0.2) is 0 Å². The third-order valence-corrected chi connectivity index (χ3v) is 2.71. The molecule has 0 aromatic rings. The zero-order valence-corrected chi connectivity index (χ0v) is 10.7. The van der Waals surface area contributed by atoms with Gasteiger partial charge >= 0.3 is 6.15 Å². The van der Waals surface area contributed by atoms with Crippen LogP contribution in [0.4, 0.5) is 0 Å². The van der Waals surface area contributed by atoms with Gasteiger partial charge in [-0.3, -0.25) is 0 Å². The van der Waals surface area contributed by atoms with Gasteiger partial charge in [-0.25, -0.2) is 21.0 Å². The maximum absolute atomic E-state index is 8.09. The summed E-state index contributed by atoms with van der Waals surface area (Å²) in [5, 5.41) is 32.3. The monoisotopic (exact) mass is 245 g/mol. The van der Waals surface area contributed by atoms with E-state index in [0.717, 1.165) is 6.61 Å². The molecule has 1 heterocycles. The summed E-state index contributed by atoms with van der Waals surface area (Å²) in [5.74, 6) is 5.38. The minimum absolute atomic E-state index is 0.480. The summed E-state index contributed by atoms with van der Waals surface area (Å²) >= 11 is 0. The van der Waals surface area contributed by atoms with Crippen LogP contribution in [-0.4, -0.2) is 38.5 Å². The molecule has 1 fully saturated rings. The number of hydrogen-bond donors (Lipinski definition) is 1. The van der Waals surface area contributed by atoms with Crippen LogP contribution in [-0.2, 0) is 4.74 Å². The molecular weight excluding hydrogens is 229 g/mol. The van der Waals surface area contributed by atoms with Gasteiger partial charge in [0.1, 0.15) is 19.2 Å². The molecule has 1 aliphatic rings. The Hall–Kier alpha value is -2.06. The second kappa shape index (κ2) is 8.10. The molecule has 94 valence electrons. The lowest BCUT2D eigenvalue weighted by atomic mass is 9.30. The minimum atomic E-state index is -2.72. The Kier molecular flexibility index (Phi) is 7.17. The van der Waals surface area contributed by atoms with E-state index in [2.05, 4.69) is 13.8 Å². The molecule has 2 unspecified atom stereocenters. The number of morpholine rings is 1. The van der Waals surface area contributed by atoms with Crippen LogP contribution in [0.3, 0.4) is 0 Å². The lowest BCUT2D eigenvalue weighted by molar-refractivity contribution is -0.909. The Morgan fingerprint density at radius 1 is 1.17 bits per heavy atom. The highest BCUT2D eigenvalue weighted by atomic mass is 16.5. The van der Waals surface area contributed by atoms with Gasteiger partial charge in [-0.2, -0.15) is 0 Å². The van der Waals surface area contributed by atoms with E-state index < -0.39 is 6.15 Å². The average molecular weight is 245 g/mol. The summed E-state index contributed by atoms with van der Waals surface area (Å²) in [5.41, 5.74) is 0. The van der Waals surface area contributed by atoms with Crippen molar-refractivity contribution in [1.82, 2.24) is 0 Å². The Labute approximate surface area is 107 Å². The van der Waals surface area contributed by atoms with Crippen molar-refractivity contribution in [3.8, 4) is 23.9 Å². The molecule has 0 bridgehead atoms. The maximum atomic E-state index is 8.09. The minimum Gasteiger partial charge on any atom is -0.367 e. The van der Waals surface area contributed by atoms with Gasteiger partial charge in [-0.15, -0.1) is 23.9 Å². The van der Waals surface area contributed by atoms with E-state index in [4.69, 9.17) is 25.8 Å². The Morgan fingerprint density at radius 3 is 1.89 bits per heavy atom. The lowest BCUT2D eigenvalue weighted by Crippen LogP contribution is -3.14. The van der Waals surface area contributed by atoms with Crippen molar-refractivity contribution >= 4 is 6.15 Å². The van der Waals surface area contributed by atoms with E-state index in [9.17, 15) is 0 Å². The normalized spacial score (nSPS) is 22.1. The topological polar surface area (TPSA) is 109 Å². The first-order valence-corrected chi connectivity index (χ1v) is 5.83. The predicted molar refractivity (Wildman–Crippen MR) is 64.9 cm³/mol. The van der Waals surface area contributed by atoms with Crippen molar-refractivity contribution in [3.05, 3.63) is 0 Å². The lowest BCUT2D eigenvalue weighted by Gasteiger charge is -2.26. The van der Waals surface area contributed by atoms with E-state index in [0.29, 0.717) is 6.10 Å². The Balaban J connectivity index is 0.000000321. The molecule has 0 saturated carbocycles. The van der Waals surface area contributed by atoms with Crippen molar-refractivity contribution in [1.29, 1.82) is 21.0 Å². The molecule has 2 atom stereocenters. The van der Waals surface area contributed by atoms with E-state index in [1.807, 2.05) is 0 Å². The molecule has 6 nitrogen and oxygen atoms in total. The fourth-order valence-corrected chi connectivity index (χ4v) is 1.47. The quantitative estimate of drug-likeness (QED) is 0.595. The maximum Gasteiger partial charge on any atom is 0.383 e. The Bertz CT molecular complexity index is 363. The number of ether oxygens (including phenoxy) is 1.